The van der Waals surface area contributed by atoms with E-state index in [9.17, 15) is 13.6 Å². The summed E-state index contributed by atoms with van der Waals surface area (Å²) in [6.45, 7) is 4.36. The third-order valence-corrected chi connectivity index (χ3v) is 6.10. The lowest BCUT2D eigenvalue weighted by atomic mass is 10.0. The fourth-order valence-electron chi connectivity index (χ4n) is 4.26. The van der Waals surface area contributed by atoms with E-state index in [1.54, 1.807) is 43.3 Å². The SMILES string of the molecule is Cc1cc(Nc2nc3cccc(-c4cc(F)c(CN5CCOCC5)c(F)c4)c3o2)ccc1C(N)=O. The van der Waals surface area contributed by atoms with Crippen LogP contribution in [0.3, 0.4) is 0 Å². The van der Waals surface area contributed by atoms with E-state index in [1.807, 2.05) is 4.90 Å². The maximum Gasteiger partial charge on any atom is 0.300 e. The number of carbonyl (C=O) groups excluding carboxylic acids is 1. The van der Waals surface area contributed by atoms with Gasteiger partial charge in [-0.15, -0.1) is 0 Å². The minimum absolute atomic E-state index is 0.0394. The Morgan fingerprint density at radius 2 is 1.86 bits per heavy atom. The Morgan fingerprint density at radius 3 is 2.54 bits per heavy atom. The van der Waals surface area contributed by atoms with Gasteiger partial charge in [0.2, 0.25) is 5.91 Å². The predicted octanol–water partition coefficient (Wildman–Crippen LogP) is 4.76. The lowest BCUT2D eigenvalue weighted by Gasteiger charge is -2.26. The van der Waals surface area contributed by atoms with Crippen LogP contribution in [0, 0.1) is 18.6 Å². The molecule has 0 unspecified atom stereocenters. The lowest BCUT2D eigenvalue weighted by molar-refractivity contribution is 0.0332. The Labute approximate surface area is 200 Å². The van der Waals surface area contributed by atoms with E-state index >= 15 is 0 Å². The van der Waals surface area contributed by atoms with Gasteiger partial charge in [0.15, 0.2) is 5.58 Å². The number of hydrogen-bond acceptors (Lipinski definition) is 6. The molecular formula is C26H24F2N4O3. The number of ether oxygens (including phenoxy) is 1. The Hall–Kier alpha value is -3.82. The molecule has 0 saturated carbocycles. The highest BCUT2D eigenvalue weighted by atomic mass is 19.1. The second kappa shape index (κ2) is 9.44. The number of oxazole rings is 1. The molecule has 0 atom stereocenters. The van der Waals surface area contributed by atoms with Gasteiger partial charge in [-0.2, -0.15) is 4.98 Å². The van der Waals surface area contributed by atoms with E-state index in [0.29, 0.717) is 65.3 Å². The molecule has 0 bridgehead atoms. The minimum Gasteiger partial charge on any atom is -0.423 e. The summed E-state index contributed by atoms with van der Waals surface area (Å²) in [6.07, 6.45) is 0. The van der Waals surface area contributed by atoms with Crippen LogP contribution in [-0.4, -0.2) is 42.1 Å². The van der Waals surface area contributed by atoms with Gasteiger partial charge in [0.05, 0.1) is 13.2 Å². The molecule has 180 valence electrons. The van der Waals surface area contributed by atoms with Crippen molar-refractivity contribution in [2.45, 2.75) is 13.5 Å². The summed E-state index contributed by atoms with van der Waals surface area (Å²) >= 11 is 0. The summed E-state index contributed by atoms with van der Waals surface area (Å²) in [6, 6.07) is 13.2. The molecule has 5 rings (SSSR count). The molecule has 1 fully saturated rings. The fourth-order valence-corrected chi connectivity index (χ4v) is 4.26. The molecule has 4 aromatic rings. The maximum absolute atomic E-state index is 15.0. The molecule has 1 amide bonds. The number of nitrogens with zero attached hydrogens (tertiary/aromatic N) is 2. The molecule has 1 aliphatic heterocycles. The van der Waals surface area contributed by atoms with Gasteiger partial charge in [0, 0.05) is 42.0 Å². The van der Waals surface area contributed by atoms with Gasteiger partial charge in [-0.3, -0.25) is 9.69 Å². The van der Waals surface area contributed by atoms with E-state index in [2.05, 4.69) is 10.3 Å². The summed E-state index contributed by atoms with van der Waals surface area (Å²) < 4.78 is 41.2. The van der Waals surface area contributed by atoms with Gasteiger partial charge >= 0.3 is 0 Å². The number of nitrogens with one attached hydrogen (secondary N) is 1. The van der Waals surface area contributed by atoms with E-state index in [0.717, 1.165) is 0 Å². The van der Waals surface area contributed by atoms with Gasteiger partial charge in [-0.1, -0.05) is 12.1 Å². The number of nitrogens with two attached hydrogens (primary N) is 1. The first-order valence-corrected chi connectivity index (χ1v) is 11.2. The normalized spacial score (nSPS) is 14.4. The van der Waals surface area contributed by atoms with Crippen LogP contribution in [-0.2, 0) is 11.3 Å². The van der Waals surface area contributed by atoms with E-state index < -0.39 is 17.5 Å². The number of primary amides is 1. The number of para-hydroxylation sites is 1. The lowest BCUT2D eigenvalue weighted by Crippen LogP contribution is -2.36. The monoisotopic (exact) mass is 478 g/mol. The van der Waals surface area contributed by atoms with Crippen LogP contribution in [0.25, 0.3) is 22.2 Å². The molecule has 0 aliphatic carbocycles. The zero-order chi connectivity index (χ0) is 24.5. The number of morpholine rings is 1. The first kappa shape index (κ1) is 22.9. The van der Waals surface area contributed by atoms with Crippen LogP contribution in [0.2, 0.25) is 0 Å². The number of aromatic nitrogens is 1. The number of rotatable bonds is 6. The molecule has 9 heteroatoms. The van der Waals surface area contributed by atoms with E-state index in [4.69, 9.17) is 14.9 Å². The molecule has 35 heavy (non-hydrogen) atoms. The van der Waals surface area contributed by atoms with Crippen molar-refractivity contribution in [1.82, 2.24) is 9.88 Å². The van der Waals surface area contributed by atoms with Crippen LogP contribution in [0.1, 0.15) is 21.5 Å². The molecular weight excluding hydrogens is 454 g/mol. The Balaban J connectivity index is 1.44. The maximum atomic E-state index is 15.0. The van der Waals surface area contributed by atoms with Crippen molar-refractivity contribution < 1.29 is 22.7 Å². The highest BCUT2D eigenvalue weighted by Gasteiger charge is 2.20. The number of anilines is 2. The molecule has 1 aromatic heterocycles. The average Bonchev–Trinajstić information content (AvgIpc) is 3.24. The molecule has 3 aromatic carbocycles. The molecule has 0 spiro atoms. The minimum atomic E-state index is -0.605. The zero-order valence-electron chi connectivity index (χ0n) is 19.1. The molecule has 1 aliphatic rings. The number of carbonyl (C=O) groups is 1. The number of aryl methyl sites for hydroxylation is 1. The van der Waals surface area contributed by atoms with Crippen LogP contribution in [0.4, 0.5) is 20.5 Å². The number of benzene rings is 3. The van der Waals surface area contributed by atoms with Crippen molar-refractivity contribution in [1.29, 1.82) is 0 Å². The van der Waals surface area contributed by atoms with Crippen LogP contribution in [0.15, 0.2) is 52.9 Å². The average molecular weight is 478 g/mol. The molecule has 2 heterocycles. The summed E-state index contributed by atoms with van der Waals surface area (Å²) in [5.41, 5.74) is 9.03. The summed E-state index contributed by atoms with van der Waals surface area (Å²) in [7, 11) is 0. The number of amides is 1. The number of halogens is 2. The smallest absolute Gasteiger partial charge is 0.300 e. The van der Waals surface area contributed by atoms with Crippen molar-refractivity contribution in [3.63, 3.8) is 0 Å². The molecule has 0 radical (unpaired) electrons. The second-order valence-corrected chi connectivity index (χ2v) is 8.50. The third-order valence-electron chi connectivity index (χ3n) is 6.10. The highest BCUT2D eigenvalue weighted by molar-refractivity contribution is 5.95. The van der Waals surface area contributed by atoms with Crippen LogP contribution >= 0.6 is 0 Å². The first-order chi connectivity index (χ1) is 16.9. The largest absolute Gasteiger partial charge is 0.423 e. The highest BCUT2D eigenvalue weighted by Crippen LogP contribution is 2.33. The van der Waals surface area contributed by atoms with Crippen molar-refractivity contribution >= 4 is 28.7 Å². The van der Waals surface area contributed by atoms with Gasteiger partial charge in [-0.05, 0) is 54.4 Å². The van der Waals surface area contributed by atoms with Gasteiger partial charge in [-0.25, -0.2) is 8.78 Å². The zero-order valence-corrected chi connectivity index (χ0v) is 19.1. The third kappa shape index (κ3) is 4.73. The van der Waals surface area contributed by atoms with E-state index in [1.165, 1.54) is 12.1 Å². The van der Waals surface area contributed by atoms with Crippen LogP contribution in [0.5, 0.6) is 0 Å². The van der Waals surface area contributed by atoms with Crippen molar-refractivity contribution in [3.05, 3.63) is 76.9 Å². The molecule has 1 saturated heterocycles. The number of fused-ring (bicyclic) bond motifs is 1. The second-order valence-electron chi connectivity index (χ2n) is 8.50. The quantitative estimate of drug-likeness (QED) is 0.415. The van der Waals surface area contributed by atoms with Crippen LogP contribution < -0.4 is 11.1 Å². The Kier molecular flexibility index (Phi) is 6.19. The number of hydrogen-bond donors (Lipinski definition) is 2. The summed E-state index contributed by atoms with van der Waals surface area (Å²) in [4.78, 5) is 17.9. The standard InChI is InChI=1S/C26H24F2N4O3/c1-15-11-17(5-6-18(15)25(29)33)30-26-31-23-4-2-3-19(24(23)35-26)16-12-21(27)20(22(28)13-16)14-32-7-9-34-10-8-32/h2-6,11-13H,7-10,14H2,1H3,(H2,29,33)(H,30,31). The Bertz CT molecular complexity index is 1390. The first-order valence-electron chi connectivity index (χ1n) is 11.2. The van der Waals surface area contributed by atoms with Gasteiger partial charge in [0.1, 0.15) is 17.2 Å². The molecule has 7 nitrogen and oxygen atoms in total. The molecule has 3 N–H and O–H groups in total. The van der Waals surface area contributed by atoms with Crippen molar-refractivity contribution in [2.24, 2.45) is 5.73 Å². The topological polar surface area (TPSA) is 93.6 Å². The predicted molar refractivity (Wildman–Crippen MR) is 128 cm³/mol. The Morgan fingerprint density at radius 1 is 1.11 bits per heavy atom. The summed E-state index contributed by atoms with van der Waals surface area (Å²) in [5.74, 6) is -1.71. The van der Waals surface area contributed by atoms with Crippen molar-refractivity contribution in [3.8, 4) is 11.1 Å². The van der Waals surface area contributed by atoms with E-state index in [-0.39, 0.29) is 18.1 Å². The van der Waals surface area contributed by atoms with Gasteiger partial charge in [0.25, 0.3) is 6.01 Å². The summed E-state index contributed by atoms with van der Waals surface area (Å²) in [5, 5.41) is 3.06. The van der Waals surface area contributed by atoms with Crippen molar-refractivity contribution in [2.75, 3.05) is 31.6 Å². The van der Waals surface area contributed by atoms with Gasteiger partial charge < -0.3 is 20.2 Å². The fraction of sp³-hybridized carbons (Fsp3) is 0.231.